The fourth-order valence-electron chi connectivity index (χ4n) is 2.22. The van der Waals surface area contributed by atoms with Gasteiger partial charge in [0.15, 0.2) is 5.76 Å². The summed E-state index contributed by atoms with van der Waals surface area (Å²) < 4.78 is 11.9. The topological polar surface area (TPSA) is 63.8 Å². The number of ether oxygens (including phenoxy) is 1. The predicted molar refractivity (Wildman–Crippen MR) is 107 cm³/mol. The Balaban J connectivity index is 1.68. The zero-order chi connectivity index (χ0) is 17.8. The van der Waals surface area contributed by atoms with Crippen LogP contribution in [0.4, 0.5) is 0 Å². The molecule has 0 fully saturated rings. The number of furan rings is 1. The van der Waals surface area contributed by atoms with Crippen molar-refractivity contribution in [2.45, 2.75) is 6.92 Å². The molecule has 0 aliphatic heterocycles. The number of rotatable bonds is 5. The van der Waals surface area contributed by atoms with Gasteiger partial charge in [-0.2, -0.15) is 5.10 Å². The van der Waals surface area contributed by atoms with Crippen LogP contribution in [0.25, 0.3) is 11.0 Å². The summed E-state index contributed by atoms with van der Waals surface area (Å²) in [5, 5.41) is 5.32. The van der Waals surface area contributed by atoms with E-state index in [0.29, 0.717) is 17.2 Å². The van der Waals surface area contributed by atoms with E-state index in [1.807, 2.05) is 25.1 Å². The number of carbonyl (C=O) groups is 1. The average Bonchev–Trinajstić information content (AvgIpc) is 3.00. The predicted octanol–water partition coefficient (Wildman–Crippen LogP) is 4.85. The summed E-state index contributed by atoms with van der Waals surface area (Å²) in [7, 11) is 0. The van der Waals surface area contributed by atoms with Crippen LogP contribution in [0.3, 0.4) is 0 Å². The van der Waals surface area contributed by atoms with Gasteiger partial charge in [0.1, 0.15) is 11.3 Å². The SMILES string of the molecule is CCOc1ccc(/C=N/NC(=O)c2cc3cc(Cl)ccc3o2)cc1I. The third kappa shape index (κ3) is 4.32. The van der Waals surface area contributed by atoms with Crippen LogP contribution >= 0.6 is 34.2 Å². The Labute approximate surface area is 163 Å². The number of benzene rings is 2. The molecule has 25 heavy (non-hydrogen) atoms. The van der Waals surface area contributed by atoms with Crippen molar-refractivity contribution >= 4 is 57.3 Å². The van der Waals surface area contributed by atoms with Crippen molar-refractivity contribution in [2.24, 2.45) is 5.10 Å². The Bertz CT molecular complexity index is 953. The molecule has 0 saturated heterocycles. The van der Waals surface area contributed by atoms with Gasteiger partial charge in [-0.3, -0.25) is 4.79 Å². The second-order valence-corrected chi connectivity index (χ2v) is 6.71. The zero-order valence-electron chi connectivity index (χ0n) is 13.3. The summed E-state index contributed by atoms with van der Waals surface area (Å²) in [6, 6.07) is 12.5. The highest BCUT2D eigenvalue weighted by atomic mass is 127. The molecular formula is C18H14ClIN2O3. The molecule has 0 unspecified atom stereocenters. The highest BCUT2D eigenvalue weighted by Gasteiger charge is 2.11. The first-order chi connectivity index (χ1) is 12.1. The van der Waals surface area contributed by atoms with Gasteiger partial charge in [-0.05, 0) is 77.5 Å². The molecule has 7 heteroatoms. The number of nitrogens with one attached hydrogen (secondary N) is 1. The number of hydrazone groups is 1. The number of hydrogen-bond donors (Lipinski definition) is 1. The Kier molecular flexibility index (Phi) is 5.60. The van der Waals surface area contributed by atoms with Crippen molar-refractivity contribution in [3.05, 3.63) is 62.4 Å². The molecule has 0 bridgehead atoms. The molecule has 1 heterocycles. The first kappa shape index (κ1) is 17.8. The molecule has 0 aliphatic rings. The van der Waals surface area contributed by atoms with E-state index in [2.05, 4.69) is 33.1 Å². The van der Waals surface area contributed by atoms with E-state index in [1.165, 1.54) is 0 Å². The van der Waals surface area contributed by atoms with E-state index < -0.39 is 5.91 Å². The van der Waals surface area contributed by atoms with Crippen LogP contribution in [-0.2, 0) is 0 Å². The smallest absolute Gasteiger partial charge is 0.307 e. The molecule has 1 N–H and O–H groups in total. The summed E-state index contributed by atoms with van der Waals surface area (Å²) in [4.78, 5) is 12.1. The highest BCUT2D eigenvalue weighted by molar-refractivity contribution is 14.1. The van der Waals surface area contributed by atoms with Crippen molar-refractivity contribution in [1.29, 1.82) is 0 Å². The molecule has 0 spiro atoms. The van der Waals surface area contributed by atoms with E-state index in [4.69, 9.17) is 20.8 Å². The maximum Gasteiger partial charge on any atom is 0.307 e. The number of nitrogens with zero attached hydrogens (tertiary/aromatic N) is 1. The third-order valence-electron chi connectivity index (χ3n) is 3.34. The third-order valence-corrected chi connectivity index (χ3v) is 4.42. The number of carbonyl (C=O) groups excluding carboxylic acids is 1. The number of amides is 1. The Hall–Kier alpha value is -2.06. The van der Waals surface area contributed by atoms with E-state index in [0.717, 1.165) is 20.3 Å². The monoisotopic (exact) mass is 468 g/mol. The van der Waals surface area contributed by atoms with Crippen LogP contribution in [-0.4, -0.2) is 18.7 Å². The molecule has 3 aromatic rings. The number of fused-ring (bicyclic) bond motifs is 1. The molecule has 3 rings (SSSR count). The highest BCUT2D eigenvalue weighted by Crippen LogP contribution is 2.23. The van der Waals surface area contributed by atoms with Crippen LogP contribution in [0, 0.1) is 3.57 Å². The van der Waals surface area contributed by atoms with Crippen LogP contribution in [0.5, 0.6) is 5.75 Å². The van der Waals surface area contributed by atoms with Gasteiger partial charge in [0, 0.05) is 10.4 Å². The molecule has 0 aliphatic carbocycles. The fraction of sp³-hybridized carbons (Fsp3) is 0.111. The van der Waals surface area contributed by atoms with Gasteiger partial charge in [-0.1, -0.05) is 11.6 Å². The second-order valence-electron chi connectivity index (χ2n) is 5.11. The van der Waals surface area contributed by atoms with Crippen LogP contribution in [0.2, 0.25) is 5.02 Å². The molecule has 5 nitrogen and oxygen atoms in total. The normalized spacial score (nSPS) is 11.2. The van der Waals surface area contributed by atoms with Crippen molar-refractivity contribution in [3.8, 4) is 5.75 Å². The lowest BCUT2D eigenvalue weighted by molar-refractivity contribution is 0.0929. The van der Waals surface area contributed by atoms with Crippen molar-refractivity contribution in [3.63, 3.8) is 0 Å². The summed E-state index contributed by atoms with van der Waals surface area (Å²) >= 11 is 8.12. The first-order valence-corrected chi connectivity index (χ1v) is 8.97. The lowest BCUT2D eigenvalue weighted by Crippen LogP contribution is -2.16. The van der Waals surface area contributed by atoms with Crippen LogP contribution in [0.15, 0.2) is 52.0 Å². The van der Waals surface area contributed by atoms with Crippen molar-refractivity contribution < 1.29 is 13.9 Å². The minimum absolute atomic E-state index is 0.177. The van der Waals surface area contributed by atoms with Gasteiger partial charge < -0.3 is 9.15 Å². The maximum absolute atomic E-state index is 12.1. The van der Waals surface area contributed by atoms with Gasteiger partial charge in [-0.25, -0.2) is 5.43 Å². The van der Waals surface area contributed by atoms with E-state index in [1.54, 1.807) is 30.5 Å². The van der Waals surface area contributed by atoms with Gasteiger partial charge in [0.2, 0.25) is 0 Å². The summed E-state index contributed by atoms with van der Waals surface area (Å²) in [5.41, 5.74) is 3.90. The lowest BCUT2D eigenvalue weighted by atomic mass is 10.2. The molecule has 0 radical (unpaired) electrons. The van der Waals surface area contributed by atoms with Crippen LogP contribution in [0.1, 0.15) is 23.0 Å². The van der Waals surface area contributed by atoms with Gasteiger partial charge >= 0.3 is 5.91 Å². The minimum atomic E-state index is -0.427. The van der Waals surface area contributed by atoms with Gasteiger partial charge in [0.25, 0.3) is 0 Å². The zero-order valence-corrected chi connectivity index (χ0v) is 16.2. The molecule has 2 aromatic carbocycles. The Morgan fingerprint density at radius 1 is 1.32 bits per heavy atom. The van der Waals surface area contributed by atoms with Gasteiger partial charge in [0.05, 0.1) is 16.4 Å². The van der Waals surface area contributed by atoms with E-state index in [9.17, 15) is 4.79 Å². The molecule has 1 amide bonds. The molecule has 0 atom stereocenters. The standard InChI is InChI=1S/C18H14ClIN2O3/c1-2-24-16-5-3-11(7-14(16)20)10-21-22-18(23)17-9-12-8-13(19)4-6-15(12)25-17/h3-10H,2H2,1H3,(H,22,23)/b21-10+. The van der Waals surface area contributed by atoms with Crippen molar-refractivity contribution in [2.75, 3.05) is 6.61 Å². The maximum atomic E-state index is 12.1. The number of hydrogen-bond acceptors (Lipinski definition) is 4. The quantitative estimate of drug-likeness (QED) is 0.331. The summed E-state index contributed by atoms with van der Waals surface area (Å²) in [6.07, 6.45) is 1.56. The molecule has 1 aromatic heterocycles. The number of halogens is 2. The Morgan fingerprint density at radius 2 is 2.16 bits per heavy atom. The lowest BCUT2D eigenvalue weighted by Gasteiger charge is -2.05. The minimum Gasteiger partial charge on any atom is -0.493 e. The van der Waals surface area contributed by atoms with Gasteiger partial charge in [-0.15, -0.1) is 0 Å². The van der Waals surface area contributed by atoms with E-state index in [-0.39, 0.29) is 5.76 Å². The second kappa shape index (κ2) is 7.88. The van der Waals surface area contributed by atoms with Crippen molar-refractivity contribution in [1.82, 2.24) is 5.43 Å². The molecule has 128 valence electrons. The summed E-state index contributed by atoms with van der Waals surface area (Å²) in [5.74, 6) is 0.574. The average molecular weight is 469 g/mol. The first-order valence-electron chi connectivity index (χ1n) is 7.51. The molecule has 0 saturated carbocycles. The van der Waals surface area contributed by atoms with Crippen LogP contribution < -0.4 is 10.2 Å². The largest absolute Gasteiger partial charge is 0.493 e. The fourth-order valence-corrected chi connectivity index (χ4v) is 3.09. The molecular weight excluding hydrogens is 455 g/mol. The summed E-state index contributed by atoms with van der Waals surface area (Å²) in [6.45, 7) is 2.55. The van der Waals surface area contributed by atoms with E-state index >= 15 is 0 Å². The Morgan fingerprint density at radius 3 is 2.92 bits per heavy atom.